The second kappa shape index (κ2) is 9.55. The number of para-hydroxylation sites is 1. The maximum absolute atomic E-state index is 12.6. The average Bonchev–Trinajstić information content (AvgIpc) is 2.63. The molecule has 0 bridgehead atoms. The van der Waals surface area contributed by atoms with Crippen LogP contribution in [0.25, 0.3) is 0 Å². The second-order valence-electron chi connectivity index (χ2n) is 5.48. The number of anilines is 1. The van der Waals surface area contributed by atoms with Crippen molar-refractivity contribution in [1.82, 2.24) is 4.31 Å². The van der Waals surface area contributed by atoms with E-state index in [1.165, 1.54) is 18.8 Å². The van der Waals surface area contributed by atoms with E-state index < -0.39 is 29.1 Å². The highest BCUT2D eigenvalue weighted by Gasteiger charge is 2.24. The smallest absolute Gasteiger partial charge is 0.387 e. The summed E-state index contributed by atoms with van der Waals surface area (Å²) in [5, 5.41) is 2.38. The molecule has 0 unspecified atom stereocenters. The van der Waals surface area contributed by atoms with Crippen LogP contribution in [-0.2, 0) is 14.8 Å². The third kappa shape index (κ3) is 5.57. The van der Waals surface area contributed by atoms with Gasteiger partial charge < -0.3 is 10.1 Å². The number of hydrogen-bond donors (Lipinski definition) is 1. The van der Waals surface area contributed by atoms with Crippen LogP contribution in [0.15, 0.2) is 52.3 Å². The Morgan fingerprint density at radius 3 is 2.57 bits per heavy atom. The maximum atomic E-state index is 12.6. The molecule has 2 aromatic rings. The van der Waals surface area contributed by atoms with Crippen molar-refractivity contribution >= 4 is 45.0 Å². The van der Waals surface area contributed by atoms with Gasteiger partial charge in [-0.1, -0.05) is 23.7 Å². The molecule has 11 heteroatoms. The minimum absolute atomic E-state index is 0.251. The first-order valence-corrected chi connectivity index (χ1v) is 10.8. The number of amides is 1. The molecule has 0 saturated carbocycles. The Morgan fingerprint density at radius 2 is 1.96 bits per heavy atom. The van der Waals surface area contributed by atoms with E-state index in [0.717, 1.165) is 27.4 Å². The largest absolute Gasteiger partial charge is 0.433 e. The van der Waals surface area contributed by atoms with E-state index in [1.54, 1.807) is 12.1 Å². The molecule has 0 heterocycles. The number of ether oxygens (including phenoxy) is 1. The number of alkyl halides is 2. The predicted octanol–water partition coefficient (Wildman–Crippen LogP) is 3.92. The minimum atomic E-state index is -4.07. The molecule has 1 amide bonds. The zero-order chi connectivity index (χ0) is 20.9. The summed E-state index contributed by atoms with van der Waals surface area (Å²) >= 11 is 7.25. The van der Waals surface area contributed by atoms with Gasteiger partial charge in [0.2, 0.25) is 15.9 Å². The van der Waals surface area contributed by atoms with Gasteiger partial charge in [-0.05, 0) is 36.6 Å². The van der Waals surface area contributed by atoms with Crippen LogP contribution in [0.5, 0.6) is 5.75 Å². The fourth-order valence-corrected chi connectivity index (χ4v) is 4.24. The van der Waals surface area contributed by atoms with Crippen LogP contribution in [0, 0.1) is 0 Å². The van der Waals surface area contributed by atoms with Gasteiger partial charge in [-0.15, -0.1) is 11.8 Å². The van der Waals surface area contributed by atoms with Gasteiger partial charge in [-0.25, -0.2) is 8.42 Å². The molecule has 152 valence electrons. The first-order valence-electron chi connectivity index (χ1n) is 7.78. The Hall–Kier alpha value is -1.88. The number of nitrogens with zero attached hydrogens (tertiary/aromatic N) is 1. The van der Waals surface area contributed by atoms with E-state index in [4.69, 9.17) is 11.6 Å². The number of hydrogen-bond acceptors (Lipinski definition) is 5. The summed E-state index contributed by atoms with van der Waals surface area (Å²) < 4.78 is 54.8. The van der Waals surface area contributed by atoms with Gasteiger partial charge in [0.05, 0.1) is 22.2 Å². The average molecular weight is 451 g/mol. The number of rotatable bonds is 8. The second-order valence-corrected chi connectivity index (χ2v) is 8.78. The lowest BCUT2D eigenvalue weighted by atomic mass is 10.3. The fraction of sp³-hybridized carbons (Fsp3) is 0.235. The monoisotopic (exact) mass is 450 g/mol. The molecule has 0 spiro atoms. The van der Waals surface area contributed by atoms with Gasteiger partial charge in [0.15, 0.2) is 0 Å². The van der Waals surface area contributed by atoms with Gasteiger partial charge in [-0.3, -0.25) is 4.79 Å². The molecule has 0 saturated heterocycles. The summed E-state index contributed by atoms with van der Waals surface area (Å²) in [6.07, 6.45) is 1.85. The third-order valence-electron chi connectivity index (χ3n) is 3.57. The first kappa shape index (κ1) is 22.4. The molecule has 0 atom stereocenters. The van der Waals surface area contributed by atoms with E-state index in [-0.39, 0.29) is 15.7 Å². The molecule has 0 radical (unpaired) electrons. The first-order chi connectivity index (χ1) is 13.1. The molecule has 0 aliphatic rings. The zero-order valence-corrected chi connectivity index (χ0v) is 17.2. The van der Waals surface area contributed by atoms with Crippen molar-refractivity contribution in [2.24, 2.45) is 0 Å². The summed E-state index contributed by atoms with van der Waals surface area (Å²) in [6.45, 7) is -3.53. The molecule has 2 aromatic carbocycles. The van der Waals surface area contributed by atoms with Gasteiger partial charge in [0, 0.05) is 11.9 Å². The molecule has 2 rings (SSSR count). The van der Waals surface area contributed by atoms with Crippen LogP contribution in [0.3, 0.4) is 0 Å². The number of carbonyl (C=O) groups excluding carboxylic acids is 1. The Kier molecular flexibility index (Phi) is 7.64. The highest BCUT2D eigenvalue weighted by Crippen LogP contribution is 2.30. The van der Waals surface area contributed by atoms with E-state index in [2.05, 4.69) is 10.1 Å². The van der Waals surface area contributed by atoms with Crippen molar-refractivity contribution in [1.29, 1.82) is 0 Å². The molecular weight excluding hydrogens is 434 g/mol. The lowest BCUT2D eigenvalue weighted by Crippen LogP contribution is -2.35. The summed E-state index contributed by atoms with van der Waals surface area (Å²) in [7, 11) is -2.84. The molecule has 28 heavy (non-hydrogen) atoms. The van der Waals surface area contributed by atoms with Crippen LogP contribution in [0.1, 0.15) is 0 Å². The molecule has 0 fully saturated rings. The third-order valence-corrected chi connectivity index (χ3v) is 6.47. The Morgan fingerprint density at radius 1 is 1.29 bits per heavy atom. The highest BCUT2D eigenvalue weighted by molar-refractivity contribution is 7.98. The number of sulfonamides is 1. The highest BCUT2D eigenvalue weighted by atomic mass is 35.5. The molecule has 0 aliphatic carbocycles. The van der Waals surface area contributed by atoms with E-state index >= 15 is 0 Å². The van der Waals surface area contributed by atoms with E-state index in [1.807, 2.05) is 18.4 Å². The lowest BCUT2D eigenvalue weighted by molar-refractivity contribution is -0.116. The number of likely N-dealkylation sites (N-methyl/N-ethyl adjacent to an activating group) is 1. The van der Waals surface area contributed by atoms with Gasteiger partial charge in [-0.2, -0.15) is 13.1 Å². The van der Waals surface area contributed by atoms with E-state index in [0.29, 0.717) is 5.69 Å². The van der Waals surface area contributed by atoms with Gasteiger partial charge >= 0.3 is 6.61 Å². The van der Waals surface area contributed by atoms with Crippen molar-refractivity contribution < 1.29 is 26.7 Å². The number of nitrogens with one attached hydrogen (secondary N) is 1. The summed E-state index contributed by atoms with van der Waals surface area (Å²) in [5.74, 6) is -0.874. The van der Waals surface area contributed by atoms with Crippen LogP contribution in [0.2, 0.25) is 5.02 Å². The Labute approximate surface area is 170 Å². The van der Waals surface area contributed by atoms with Crippen LogP contribution < -0.4 is 10.1 Å². The van der Waals surface area contributed by atoms with Gasteiger partial charge in [0.1, 0.15) is 5.75 Å². The van der Waals surface area contributed by atoms with Crippen LogP contribution >= 0.6 is 23.4 Å². The maximum Gasteiger partial charge on any atom is 0.387 e. The lowest BCUT2D eigenvalue weighted by Gasteiger charge is -2.18. The Bertz CT molecular complexity index is 958. The van der Waals surface area contributed by atoms with Crippen molar-refractivity contribution in [3.63, 3.8) is 0 Å². The molecular formula is C17H17ClF2N2O4S2. The summed E-state index contributed by atoms with van der Waals surface area (Å²) in [5.41, 5.74) is 0.572. The van der Waals surface area contributed by atoms with Crippen molar-refractivity contribution in [2.75, 3.05) is 25.2 Å². The van der Waals surface area contributed by atoms with Crippen LogP contribution in [-0.4, -0.2) is 45.1 Å². The fourth-order valence-electron chi connectivity index (χ4n) is 2.24. The topological polar surface area (TPSA) is 75.7 Å². The molecule has 1 N–H and O–H groups in total. The normalized spacial score (nSPS) is 11.7. The SMILES string of the molecule is CSc1ccccc1NC(=O)CN(C)S(=O)(=O)c1ccc(OC(F)F)c(Cl)c1. The van der Waals surface area contributed by atoms with Crippen molar-refractivity contribution in [3.05, 3.63) is 47.5 Å². The molecule has 6 nitrogen and oxygen atoms in total. The number of thioether (sulfide) groups is 1. The predicted molar refractivity (Wildman–Crippen MR) is 105 cm³/mol. The Balaban J connectivity index is 2.13. The van der Waals surface area contributed by atoms with Crippen molar-refractivity contribution in [3.8, 4) is 5.75 Å². The van der Waals surface area contributed by atoms with Crippen LogP contribution in [0.4, 0.5) is 14.5 Å². The standard InChI is InChI=1S/C17H17ClF2N2O4S2/c1-22(10-16(23)21-13-5-3-4-6-15(13)27-2)28(24,25)11-7-8-14(12(18)9-11)26-17(19)20/h3-9,17H,10H2,1-2H3,(H,21,23). The van der Waals surface area contributed by atoms with E-state index in [9.17, 15) is 22.0 Å². The number of halogens is 3. The number of benzene rings is 2. The quantitative estimate of drug-likeness (QED) is 0.617. The van der Waals surface area contributed by atoms with Crippen molar-refractivity contribution in [2.45, 2.75) is 16.4 Å². The zero-order valence-electron chi connectivity index (χ0n) is 14.9. The number of carbonyl (C=O) groups is 1. The summed E-state index contributed by atoms with van der Waals surface area (Å²) in [4.78, 5) is 12.8. The molecule has 0 aromatic heterocycles. The molecule has 0 aliphatic heterocycles. The summed E-state index contributed by atoms with van der Waals surface area (Å²) in [6, 6.07) is 10.2. The van der Waals surface area contributed by atoms with Gasteiger partial charge in [0.25, 0.3) is 0 Å². The minimum Gasteiger partial charge on any atom is -0.433 e.